The van der Waals surface area contributed by atoms with Gasteiger partial charge in [-0.05, 0) is 76.9 Å². The fraction of sp³-hybridized carbons (Fsp3) is 0. The second kappa shape index (κ2) is 13.3. The van der Waals surface area contributed by atoms with Crippen molar-refractivity contribution in [1.29, 1.82) is 0 Å². The zero-order valence-corrected chi connectivity index (χ0v) is 33.0. The molecule has 0 saturated carbocycles. The number of aromatic nitrogens is 1. The van der Waals surface area contributed by atoms with Crippen LogP contribution in [0.2, 0.25) is 0 Å². The fourth-order valence-corrected chi connectivity index (χ4v) is 11.5. The highest BCUT2D eigenvalue weighted by Crippen LogP contribution is 2.52. The Bertz CT molecular complexity index is 3500. The van der Waals surface area contributed by atoms with Gasteiger partial charge in [-0.15, -0.1) is 22.7 Å². The molecule has 272 valence electrons. The maximum Gasteiger partial charge on any atom is 0.0640 e. The third-order valence-electron chi connectivity index (χ3n) is 11.6. The SMILES string of the molecule is c1ccc(-c2ccc3c(c2)sc2c(-c4ccccc4)ccc(N(c4ccc5c6ccccc6n(-c6ccccc6)c5c4)c4cccc5c4sc4ccccc45)c23)cc1. The molecule has 58 heavy (non-hydrogen) atoms. The van der Waals surface area contributed by atoms with E-state index in [1.165, 1.54) is 95.8 Å². The number of fused-ring (bicyclic) bond motifs is 9. The van der Waals surface area contributed by atoms with Crippen molar-refractivity contribution in [1.82, 2.24) is 4.57 Å². The maximum absolute atomic E-state index is 2.54. The quantitative estimate of drug-likeness (QED) is 0.163. The first-order chi connectivity index (χ1) is 28.8. The topological polar surface area (TPSA) is 8.17 Å². The van der Waals surface area contributed by atoms with Crippen molar-refractivity contribution >= 4 is 102 Å². The molecule has 0 atom stereocenters. The lowest BCUT2D eigenvalue weighted by molar-refractivity contribution is 1.18. The molecule has 3 heterocycles. The van der Waals surface area contributed by atoms with Crippen LogP contribution in [0.1, 0.15) is 0 Å². The van der Waals surface area contributed by atoms with Gasteiger partial charge in [0.2, 0.25) is 0 Å². The second-order valence-electron chi connectivity index (χ2n) is 14.9. The lowest BCUT2D eigenvalue weighted by atomic mass is 9.98. The van der Waals surface area contributed by atoms with E-state index in [4.69, 9.17) is 0 Å². The maximum atomic E-state index is 2.54. The number of thiophene rings is 2. The molecule has 0 spiro atoms. The van der Waals surface area contributed by atoms with Crippen molar-refractivity contribution in [3.05, 3.63) is 206 Å². The standard InChI is InChI=1S/C54H34N2S2/c1-4-15-35(16-5-1)37-27-29-45-51(33-37)58-54-40(36-17-6-2-7-18-36)31-32-47(52(45)54)56(48-25-14-23-44-43-22-11-13-26-50(43)57-53(44)48)39-28-30-42-41-21-10-12-24-46(41)55(49(42)34-39)38-19-8-3-9-20-38/h1-34H. The number of para-hydroxylation sites is 2. The van der Waals surface area contributed by atoms with Crippen molar-refractivity contribution in [2.45, 2.75) is 0 Å². The Morgan fingerprint density at radius 2 is 1.02 bits per heavy atom. The number of benzene rings is 9. The molecule has 0 aliphatic heterocycles. The molecule has 0 radical (unpaired) electrons. The summed E-state index contributed by atoms with van der Waals surface area (Å²) in [6.07, 6.45) is 0. The van der Waals surface area contributed by atoms with Gasteiger partial charge in [-0.3, -0.25) is 0 Å². The Hall–Kier alpha value is -6.98. The first kappa shape index (κ1) is 33.2. The van der Waals surface area contributed by atoms with Gasteiger partial charge < -0.3 is 9.47 Å². The third-order valence-corrected chi connectivity index (χ3v) is 14.0. The van der Waals surface area contributed by atoms with E-state index >= 15 is 0 Å². The molecule has 12 rings (SSSR count). The van der Waals surface area contributed by atoms with Crippen LogP contribution in [0.15, 0.2) is 206 Å². The van der Waals surface area contributed by atoms with Gasteiger partial charge in [-0.2, -0.15) is 0 Å². The minimum atomic E-state index is 1.12. The second-order valence-corrected chi connectivity index (χ2v) is 17.0. The molecule has 0 aliphatic rings. The van der Waals surface area contributed by atoms with Gasteiger partial charge in [-0.1, -0.05) is 152 Å². The Kier molecular flexibility index (Phi) is 7.62. The number of anilines is 3. The number of rotatable bonds is 6. The Morgan fingerprint density at radius 3 is 1.84 bits per heavy atom. The summed E-state index contributed by atoms with van der Waals surface area (Å²) in [5.41, 5.74) is 11.9. The van der Waals surface area contributed by atoms with Gasteiger partial charge >= 0.3 is 0 Å². The summed E-state index contributed by atoms with van der Waals surface area (Å²) in [6.45, 7) is 0. The molecule has 3 aromatic heterocycles. The first-order valence-electron chi connectivity index (χ1n) is 19.7. The van der Waals surface area contributed by atoms with Crippen LogP contribution in [-0.4, -0.2) is 4.57 Å². The van der Waals surface area contributed by atoms with Crippen LogP contribution in [0, 0.1) is 0 Å². The van der Waals surface area contributed by atoms with Crippen molar-refractivity contribution < 1.29 is 0 Å². The summed E-state index contributed by atoms with van der Waals surface area (Å²) in [4.78, 5) is 2.54. The summed E-state index contributed by atoms with van der Waals surface area (Å²) in [5, 5.41) is 7.59. The molecular formula is C54H34N2S2. The van der Waals surface area contributed by atoms with Gasteiger partial charge in [0.05, 0.1) is 27.1 Å². The van der Waals surface area contributed by atoms with Crippen LogP contribution in [0.3, 0.4) is 0 Å². The first-order valence-corrected chi connectivity index (χ1v) is 21.3. The Morgan fingerprint density at radius 1 is 0.362 bits per heavy atom. The number of hydrogen-bond acceptors (Lipinski definition) is 3. The van der Waals surface area contributed by atoms with Crippen LogP contribution in [0.4, 0.5) is 17.1 Å². The van der Waals surface area contributed by atoms with E-state index in [9.17, 15) is 0 Å². The highest BCUT2D eigenvalue weighted by molar-refractivity contribution is 7.27. The Labute approximate surface area is 343 Å². The fourth-order valence-electron chi connectivity index (χ4n) is 8.97. The van der Waals surface area contributed by atoms with Gasteiger partial charge in [-0.25, -0.2) is 0 Å². The van der Waals surface area contributed by atoms with E-state index in [1.807, 2.05) is 22.7 Å². The molecular weight excluding hydrogens is 741 g/mol. The number of nitrogens with zero attached hydrogens (tertiary/aromatic N) is 2. The summed E-state index contributed by atoms with van der Waals surface area (Å²) in [5.74, 6) is 0. The molecule has 0 bridgehead atoms. The van der Waals surface area contributed by atoms with Crippen LogP contribution in [0.5, 0.6) is 0 Å². The minimum absolute atomic E-state index is 1.12. The zero-order valence-electron chi connectivity index (χ0n) is 31.3. The number of hydrogen-bond donors (Lipinski definition) is 0. The van der Waals surface area contributed by atoms with Crippen molar-refractivity contribution in [2.75, 3.05) is 4.90 Å². The normalized spacial score (nSPS) is 11.8. The smallest absolute Gasteiger partial charge is 0.0640 e. The summed E-state index contributed by atoms with van der Waals surface area (Å²) >= 11 is 3.78. The van der Waals surface area contributed by atoms with E-state index in [-0.39, 0.29) is 0 Å². The lowest BCUT2D eigenvalue weighted by Crippen LogP contribution is -2.11. The average Bonchev–Trinajstić information content (AvgIpc) is 3.97. The van der Waals surface area contributed by atoms with Gasteiger partial charge in [0.15, 0.2) is 0 Å². The van der Waals surface area contributed by atoms with E-state index in [1.54, 1.807) is 0 Å². The van der Waals surface area contributed by atoms with E-state index in [0.717, 1.165) is 11.4 Å². The summed E-state index contributed by atoms with van der Waals surface area (Å²) in [6, 6.07) is 75.6. The lowest BCUT2D eigenvalue weighted by Gasteiger charge is -2.28. The monoisotopic (exact) mass is 774 g/mol. The molecule has 0 aliphatic carbocycles. The summed E-state index contributed by atoms with van der Waals surface area (Å²) < 4.78 is 7.56. The van der Waals surface area contributed by atoms with Gasteiger partial charge in [0.1, 0.15) is 0 Å². The minimum Gasteiger partial charge on any atom is -0.309 e. The van der Waals surface area contributed by atoms with E-state index < -0.39 is 0 Å². The van der Waals surface area contributed by atoms with Crippen molar-refractivity contribution in [3.63, 3.8) is 0 Å². The average molecular weight is 775 g/mol. The molecule has 0 N–H and O–H groups in total. The van der Waals surface area contributed by atoms with Gasteiger partial charge in [0, 0.05) is 57.8 Å². The zero-order chi connectivity index (χ0) is 38.2. The molecule has 0 unspecified atom stereocenters. The molecule has 9 aromatic carbocycles. The highest BCUT2D eigenvalue weighted by atomic mass is 32.1. The molecule has 0 amide bonds. The van der Waals surface area contributed by atoms with Gasteiger partial charge in [0.25, 0.3) is 0 Å². The predicted molar refractivity (Wildman–Crippen MR) is 252 cm³/mol. The largest absolute Gasteiger partial charge is 0.309 e. The van der Waals surface area contributed by atoms with Crippen molar-refractivity contribution in [2.24, 2.45) is 0 Å². The van der Waals surface area contributed by atoms with Crippen LogP contribution >= 0.6 is 22.7 Å². The van der Waals surface area contributed by atoms with E-state index in [2.05, 4.69) is 216 Å². The van der Waals surface area contributed by atoms with Crippen LogP contribution < -0.4 is 4.90 Å². The molecule has 12 aromatic rings. The third kappa shape index (κ3) is 5.16. The summed E-state index contributed by atoms with van der Waals surface area (Å²) in [7, 11) is 0. The molecule has 4 heteroatoms. The molecule has 0 fully saturated rings. The van der Waals surface area contributed by atoms with Crippen molar-refractivity contribution in [3.8, 4) is 27.9 Å². The Balaban J connectivity index is 1.19. The highest BCUT2D eigenvalue weighted by Gasteiger charge is 2.25. The molecule has 2 nitrogen and oxygen atoms in total. The predicted octanol–water partition coefficient (Wildman–Crippen LogP) is 16.3. The molecule has 0 saturated heterocycles. The van der Waals surface area contributed by atoms with Crippen LogP contribution in [0.25, 0.3) is 90.1 Å². The van der Waals surface area contributed by atoms with Crippen LogP contribution in [-0.2, 0) is 0 Å². The van der Waals surface area contributed by atoms with E-state index in [0.29, 0.717) is 0 Å².